The van der Waals surface area contributed by atoms with Gasteiger partial charge in [-0.2, -0.15) is 21.6 Å². The van der Waals surface area contributed by atoms with Crippen LogP contribution in [0.3, 0.4) is 0 Å². The number of esters is 1. The number of carbonyl (C=O) groups is 1. The van der Waals surface area contributed by atoms with Crippen molar-refractivity contribution < 1.29 is 35.7 Å². The fourth-order valence-electron chi connectivity index (χ4n) is 1.00. The molecule has 1 N–H and O–H groups in total. The average Bonchev–Trinajstić information content (AvgIpc) is 2.12. The first-order chi connectivity index (χ1) is 8.15. The van der Waals surface area contributed by atoms with Gasteiger partial charge >= 0.3 is 12.1 Å². The summed E-state index contributed by atoms with van der Waals surface area (Å²) in [6.07, 6.45) is -4.91. The second-order valence-electron chi connectivity index (χ2n) is 5.08. The molecule has 0 heterocycles. The number of ether oxygens (including phenoxy) is 1. The summed E-state index contributed by atoms with van der Waals surface area (Å²) in [7, 11) is -4.96. The molecule has 0 spiro atoms. The minimum absolute atomic E-state index is 0.214. The molecule has 1 atom stereocenters. The Labute approximate surface area is 109 Å². The lowest BCUT2D eigenvalue weighted by molar-refractivity contribution is -0.259. The van der Waals surface area contributed by atoms with Gasteiger partial charge in [-0.25, -0.2) is 0 Å². The highest BCUT2D eigenvalue weighted by Crippen LogP contribution is 2.37. The van der Waals surface area contributed by atoms with Crippen LogP contribution in [0.25, 0.3) is 0 Å². The van der Waals surface area contributed by atoms with Crippen LogP contribution in [-0.2, 0) is 19.6 Å². The topological polar surface area (TPSA) is 80.7 Å². The lowest BCUT2D eigenvalue weighted by atomic mass is 9.90. The van der Waals surface area contributed by atoms with Crippen molar-refractivity contribution in [3.63, 3.8) is 0 Å². The number of alkyl halides is 3. The van der Waals surface area contributed by atoms with Crippen molar-refractivity contribution in [2.75, 3.05) is 5.75 Å². The van der Waals surface area contributed by atoms with Crippen LogP contribution in [-0.4, -0.2) is 36.5 Å². The van der Waals surface area contributed by atoms with Gasteiger partial charge in [-0.1, -0.05) is 6.92 Å². The Kier molecular flexibility index (Phi) is 5.05. The maximum Gasteiger partial charge on any atom is 0.429 e. The first-order valence-electron chi connectivity index (χ1n) is 5.40. The van der Waals surface area contributed by atoms with E-state index in [9.17, 15) is 26.4 Å². The Balaban J connectivity index is 5.39. The molecule has 1 unspecified atom stereocenters. The van der Waals surface area contributed by atoms with E-state index in [-0.39, 0.29) is 6.42 Å². The van der Waals surface area contributed by atoms with Crippen LogP contribution in [0.5, 0.6) is 0 Å². The number of rotatable bonds is 5. The summed E-state index contributed by atoms with van der Waals surface area (Å²) in [6, 6.07) is 0. The smallest absolute Gasteiger partial charge is 0.429 e. The standard InChI is InChI=1S/C10H17F3O5S/c1-5-8(2,3)7(14)18-9(4,10(11,12)13)6-19(15,16)17/h5-6H2,1-4H3,(H,15,16,17). The SMILES string of the molecule is CCC(C)(C)C(=O)OC(C)(CS(=O)(=O)O)C(F)(F)F. The molecule has 19 heavy (non-hydrogen) atoms. The molecule has 0 aromatic heterocycles. The van der Waals surface area contributed by atoms with Crippen LogP contribution in [0, 0.1) is 5.41 Å². The molecule has 0 aliphatic carbocycles. The molecule has 0 aliphatic rings. The molecular weight excluding hydrogens is 289 g/mol. The number of carbonyl (C=O) groups excluding carboxylic acids is 1. The molecule has 0 aromatic carbocycles. The minimum Gasteiger partial charge on any atom is -0.448 e. The highest BCUT2D eigenvalue weighted by molar-refractivity contribution is 7.85. The summed E-state index contributed by atoms with van der Waals surface area (Å²) >= 11 is 0. The fraction of sp³-hybridized carbons (Fsp3) is 0.900. The van der Waals surface area contributed by atoms with Gasteiger partial charge in [-0.15, -0.1) is 0 Å². The largest absolute Gasteiger partial charge is 0.448 e. The Morgan fingerprint density at radius 1 is 1.21 bits per heavy atom. The molecule has 9 heteroatoms. The summed E-state index contributed by atoms with van der Waals surface area (Å²) in [4.78, 5) is 11.6. The second kappa shape index (κ2) is 5.28. The summed E-state index contributed by atoms with van der Waals surface area (Å²) in [5, 5.41) is 0. The van der Waals surface area contributed by atoms with E-state index in [1.807, 2.05) is 0 Å². The Morgan fingerprint density at radius 3 is 1.89 bits per heavy atom. The third-order valence-corrected chi connectivity index (χ3v) is 3.73. The van der Waals surface area contributed by atoms with E-state index in [0.717, 1.165) is 0 Å². The van der Waals surface area contributed by atoms with Gasteiger partial charge in [0, 0.05) is 0 Å². The van der Waals surface area contributed by atoms with E-state index in [1.54, 1.807) is 6.92 Å². The van der Waals surface area contributed by atoms with Gasteiger partial charge < -0.3 is 4.74 Å². The quantitative estimate of drug-likeness (QED) is 0.622. The number of halogens is 3. The molecular formula is C10H17F3O5S. The third kappa shape index (κ3) is 4.98. The Morgan fingerprint density at radius 2 is 1.63 bits per heavy atom. The van der Waals surface area contributed by atoms with E-state index in [1.165, 1.54) is 13.8 Å². The van der Waals surface area contributed by atoms with Crippen molar-refractivity contribution in [3.05, 3.63) is 0 Å². The van der Waals surface area contributed by atoms with Gasteiger partial charge in [-0.05, 0) is 27.2 Å². The second-order valence-corrected chi connectivity index (χ2v) is 6.53. The summed E-state index contributed by atoms with van der Waals surface area (Å²) in [5.41, 5.74) is -4.48. The van der Waals surface area contributed by atoms with E-state index in [2.05, 4.69) is 4.74 Å². The zero-order valence-electron chi connectivity index (χ0n) is 11.0. The van der Waals surface area contributed by atoms with Crippen molar-refractivity contribution >= 4 is 16.1 Å². The molecule has 0 radical (unpaired) electrons. The fourth-order valence-corrected chi connectivity index (χ4v) is 1.92. The molecule has 0 amide bonds. The first kappa shape index (κ1) is 18.2. The Bertz CT molecular complexity index is 441. The molecule has 0 saturated carbocycles. The third-order valence-electron chi connectivity index (χ3n) is 2.81. The van der Waals surface area contributed by atoms with Crippen LogP contribution in [0.4, 0.5) is 13.2 Å². The van der Waals surface area contributed by atoms with Gasteiger partial charge in [0.1, 0.15) is 5.75 Å². The van der Waals surface area contributed by atoms with Gasteiger partial charge in [-0.3, -0.25) is 9.35 Å². The Hall–Kier alpha value is -0.830. The predicted molar refractivity (Wildman–Crippen MR) is 61.0 cm³/mol. The molecule has 0 saturated heterocycles. The molecule has 5 nitrogen and oxygen atoms in total. The minimum atomic E-state index is -5.12. The monoisotopic (exact) mass is 306 g/mol. The van der Waals surface area contributed by atoms with Gasteiger partial charge in [0.2, 0.25) is 5.60 Å². The molecule has 0 fully saturated rings. The molecule has 0 aromatic rings. The van der Waals surface area contributed by atoms with Crippen LogP contribution >= 0.6 is 0 Å². The maximum atomic E-state index is 12.8. The van der Waals surface area contributed by atoms with Crippen LogP contribution in [0.1, 0.15) is 34.1 Å². The van der Waals surface area contributed by atoms with E-state index >= 15 is 0 Å². The predicted octanol–water partition coefficient (Wildman–Crippen LogP) is 2.17. The lowest BCUT2D eigenvalue weighted by Crippen LogP contribution is -2.53. The number of hydrogen-bond acceptors (Lipinski definition) is 4. The number of hydrogen-bond donors (Lipinski definition) is 1. The van der Waals surface area contributed by atoms with Gasteiger partial charge in [0.15, 0.2) is 0 Å². The first-order valence-corrected chi connectivity index (χ1v) is 7.01. The zero-order valence-corrected chi connectivity index (χ0v) is 11.9. The molecule has 114 valence electrons. The summed E-state index contributed by atoms with van der Waals surface area (Å²) < 4.78 is 72.7. The van der Waals surface area contributed by atoms with Gasteiger partial charge in [0.25, 0.3) is 10.1 Å². The summed E-state index contributed by atoms with van der Waals surface area (Å²) in [5.74, 6) is -2.92. The normalized spacial score (nSPS) is 16.8. The summed E-state index contributed by atoms with van der Waals surface area (Å²) in [6.45, 7) is 4.73. The maximum absolute atomic E-state index is 12.8. The molecule has 0 bridgehead atoms. The molecule has 0 aliphatic heterocycles. The van der Waals surface area contributed by atoms with E-state index < -0.39 is 39.0 Å². The van der Waals surface area contributed by atoms with Crippen LogP contribution in [0.15, 0.2) is 0 Å². The van der Waals surface area contributed by atoms with Crippen molar-refractivity contribution in [1.29, 1.82) is 0 Å². The molecule has 0 rings (SSSR count). The highest BCUT2D eigenvalue weighted by Gasteiger charge is 2.57. The van der Waals surface area contributed by atoms with Crippen LogP contribution in [0.2, 0.25) is 0 Å². The van der Waals surface area contributed by atoms with Crippen molar-refractivity contribution in [1.82, 2.24) is 0 Å². The van der Waals surface area contributed by atoms with E-state index in [4.69, 9.17) is 4.55 Å². The van der Waals surface area contributed by atoms with Gasteiger partial charge in [0.05, 0.1) is 5.41 Å². The van der Waals surface area contributed by atoms with E-state index in [0.29, 0.717) is 6.92 Å². The zero-order chi connectivity index (χ0) is 15.7. The lowest BCUT2D eigenvalue weighted by Gasteiger charge is -2.33. The average molecular weight is 306 g/mol. The van der Waals surface area contributed by atoms with Crippen LogP contribution < -0.4 is 0 Å². The van der Waals surface area contributed by atoms with Crippen molar-refractivity contribution in [2.24, 2.45) is 5.41 Å². The highest BCUT2D eigenvalue weighted by atomic mass is 32.2. The van der Waals surface area contributed by atoms with Crippen molar-refractivity contribution in [2.45, 2.75) is 45.9 Å². The van der Waals surface area contributed by atoms with Crippen molar-refractivity contribution in [3.8, 4) is 0 Å².